The van der Waals surface area contributed by atoms with E-state index in [0.717, 1.165) is 11.6 Å². The minimum Gasteiger partial charge on any atom is -0.306 e. The van der Waals surface area contributed by atoms with Gasteiger partial charge in [-0.3, -0.25) is 0 Å². The van der Waals surface area contributed by atoms with E-state index in [2.05, 4.69) is 5.32 Å². The standard InChI is InChI=1S/C15H13Cl2F2N/c1-9(11-3-4-12(16)13(17)7-11)20-8-10-2-5-14(18)15(19)6-10/h2-7,9,20H,8H2,1H3. The average molecular weight is 316 g/mol. The minimum absolute atomic E-state index is 0.0119. The van der Waals surface area contributed by atoms with Crippen molar-refractivity contribution in [1.82, 2.24) is 5.32 Å². The molecule has 0 aliphatic carbocycles. The molecule has 0 aromatic heterocycles. The van der Waals surface area contributed by atoms with E-state index in [9.17, 15) is 8.78 Å². The molecule has 0 saturated heterocycles. The SMILES string of the molecule is CC(NCc1ccc(F)c(F)c1)c1ccc(Cl)c(Cl)c1. The third-order valence-electron chi connectivity index (χ3n) is 3.04. The minimum atomic E-state index is -0.841. The van der Waals surface area contributed by atoms with Gasteiger partial charge < -0.3 is 5.32 Å². The number of hydrogen-bond donors (Lipinski definition) is 1. The maximum absolute atomic E-state index is 13.1. The zero-order valence-electron chi connectivity index (χ0n) is 10.8. The van der Waals surface area contributed by atoms with Crippen molar-refractivity contribution >= 4 is 23.2 Å². The molecule has 0 fully saturated rings. The fraction of sp³-hybridized carbons (Fsp3) is 0.200. The summed E-state index contributed by atoms with van der Waals surface area (Å²) in [5.74, 6) is -1.68. The van der Waals surface area contributed by atoms with Gasteiger partial charge in [-0.25, -0.2) is 8.78 Å². The fourth-order valence-electron chi connectivity index (χ4n) is 1.82. The second-order valence-corrected chi connectivity index (χ2v) is 5.34. The molecule has 0 radical (unpaired) electrons. The van der Waals surface area contributed by atoms with Crippen molar-refractivity contribution in [3.05, 3.63) is 69.2 Å². The van der Waals surface area contributed by atoms with Crippen LogP contribution in [0.4, 0.5) is 8.78 Å². The third-order valence-corrected chi connectivity index (χ3v) is 3.78. The highest BCUT2D eigenvalue weighted by atomic mass is 35.5. The molecule has 2 rings (SSSR count). The molecule has 0 aliphatic heterocycles. The molecular weight excluding hydrogens is 303 g/mol. The van der Waals surface area contributed by atoms with Crippen molar-refractivity contribution < 1.29 is 8.78 Å². The maximum atomic E-state index is 13.1. The highest BCUT2D eigenvalue weighted by molar-refractivity contribution is 6.42. The predicted molar refractivity (Wildman–Crippen MR) is 78.1 cm³/mol. The Labute approximate surface area is 126 Å². The van der Waals surface area contributed by atoms with Gasteiger partial charge in [-0.2, -0.15) is 0 Å². The largest absolute Gasteiger partial charge is 0.306 e. The molecule has 2 aromatic rings. The van der Waals surface area contributed by atoms with Crippen molar-refractivity contribution in [2.45, 2.75) is 19.5 Å². The first-order valence-electron chi connectivity index (χ1n) is 6.09. The van der Waals surface area contributed by atoms with Crippen LogP contribution >= 0.6 is 23.2 Å². The van der Waals surface area contributed by atoms with Crippen LogP contribution in [0, 0.1) is 11.6 Å². The van der Waals surface area contributed by atoms with Crippen LogP contribution in [0.25, 0.3) is 0 Å². The summed E-state index contributed by atoms with van der Waals surface area (Å²) in [6, 6.07) is 9.25. The third kappa shape index (κ3) is 3.69. The Morgan fingerprint density at radius 1 is 1.00 bits per heavy atom. The van der Waals surface area contributed by atoms with Gasteiger partial charge in [0.25, 0.3) is 0 Å². The Balaban J connectivity index is 2.02. The molecule has 5 heteroatoms. The highest BCUT2D eigenvalue weighted by Gasteiger charge is 2.08. The van der Waals surface area contributed by atoms with E-state index >= 15 is 0 Å². The van der Waals surface area contributed by atoms with E-state index in [-0.39, 0.29) is 6.04 Å². The van der Waals surface area contributed by atoms with Crippen LogP contribution in [-0.4, -0.2) is 0 Å². The normalized spacial score (nSPS) is 12.4. The van der Waals surface area contributed by atoms with Gasteiger partial charge >= 0.3 is 0 Å². The van der Waals surface area contributed by atoms with Crippen LogP contribution in [0.2, 0.25) is 10.0 Å². The second-order valence-electron chi connectivity index (χ2n) is 4.52. The summed E-state index contributed by atoms with van der Waals surface area (Å²) in [5.41, 5.74) is 1.65. The number of rotatable bonds is 4. The molecule has 0 heterocycles. The van der Waals surface area contributed by atoms with E-state index in [1.807, 2.05) is 13.0 Å². The van der Waals surface area contributed by atoms with Gasteiger partial charge in [-0.05, 0) is 42.3 Å². The summed E-state index contributed by atoms with van der Waals surface area (Å²) in [7, 11) is 0. The first-order valence-corrected chi connectivity index (χ1v) is 6.85. The molecule has 0 amide bonds. The lowest BCUT2D eigenvalue weighted by Gasteiger charge is -2.15. The van der Waals surface area contributed by atoms with Crippen molar-refractivity contribution in [2.75, 3.05) is 0 Å². The van der Waals surface area contributed by atoms with Crippen molar-refractivity contribution in [3.63, 3.8) is 0 Å². The van der Waals surface area contributed by atoms with Gasteiger partial charge in [0.2, 0.25) is 0 Å². The van der Waals surface area contributed by atoms with Crippen LogP contribution in [0.15, 0.2) is 36.4 Å². The molecule has 1 atom stereocenters. The van der Waals surface area contributed by atoms with Gasteiger partial charge in [0, 0.05) is 12.6 Å². The lowest BCUT2D eigenvalue weighted by molar-refractivity contribution is 0.504. The number of halogens is 4. The first-order chi connectivity index (χ1) is 9.47. The van der Waals surface area contributed by atoms with Gasteiger partial charge in [0.1, 0.15) is 0 Å². The lowest BCUT2D eigenvalue weighted by Crippen LogP contribution is -2.18. The molecule has 1 unspecified atom stereocenters. The Bertz CT molecular complexity index is 617. The molecule has 0 aliphatic rings. The van der Waals surface area contributed by atoms with Crippen LogP contribution in [-0.2, 0) is 6.54 Å². The van der Waals surface area contributed by atoms with E-state index < -0.39 is 11.6 Å². The van der Waals surface area contributed by atoms with Gasteiger partial charge in [-0.15, -0.1) is 0 Å². The molecule has 20 heavy (non-hydrogen) atoms. The Kier molecular flexibility index (Phi) is 4.97. The van der Waals surface area contributed by atoms with E-state index in [4.69, 9.17) is 23.2 Å². The van der Waals surface area contributed by atoms with Gasteiger partial charge in [-0.1, -0.05) is 35.3 Å². The van der Waals surface area contributed by atoms with E-state index in [1.54, 1.807) is 18.2 Å². The Hall–Kier alpha value is -1.16. The molecular formula is C15H13Cl2F2N. The molecule has 0 bridgehead atoms. The van der Waals surface area contributed by atoms with Crippen LogP contribution < -0.4 is 5.32 Å². The summed E-state index contributed by atoms with van der Waals surface area (Å²) >= 11 is 11.8. The first kappa shape index (κ1) is 15.2. The summed E-state index contributed by atoms with van der Waals surface area (Å²) in [4.78, 5) is 0. The van der Waals surface area contributed by atoms with Gasteiger partial charge in [0.05, 0.1) is 10.0 Å². The van der Waals surface area contributed by atoms with Gasteiger partial charge in [0.15, 0.2) is 11.6 Å². The highest BCUT2D eigenvalue weighted by Crippen LogP contribution is 2.25. The second kappa shape index (κ2) is 6.53. The molecule has 2 aromatic carbocycles. The van der Waals surface area contributed by atoms with E-state index in [1.165, 1.54) is 6.07 Å². The number of hydrogen-bond acceptors (Lipinski definition) is 1. The maximum Gasteiger partial charge on any atom is 0.159 e. The number of nitrogens with one attached hydrogen (secondary N) is 1. The van der Waals surface area contributed by atoms with Crippen LogP contribution in [0.1, 0.15) is 24.1 Å². The van der Waals surface area contributed by atoms with Crippen molar-refractivity contribution in [1.29, 1.82) is 0 Å². The lowest BCUT2D eigenvalue weighted by atomic mass is 10.1. The molecule has 0 saturated carbocycles. The predicted octanol–water partition coefficient (Wildman–Crippen LogP) is 5.12. The zero-order chi connectivity index (χ0) is 14.7. The van der Waals surface area contributed by atoms with Crippen molar-refractivity contribution in [2.24, 2.45) is 0 Å². The molecule has 0 spiro atoms. The molecule has 1 nitrogen and oxygen atoms in total. The summed E-state index contributed by atoms with van der Waals surface area (Å²) in [5, 5.41) is 4.21. The topological polar surface area (TPSA) is 12.0 Å². The zero-order valence-corrected chi connectivity index (χ0v) is 12.3. The van der Waals surface area contributed by atoms with Crippen LogP contribution in [0.5, 0.6) is 0 Å². The quantitative estimate of drug-likeness (QED) is 0.825. The number of benzene rings is 2. The van der Waals surface area contributed by atoms with Crippen molar-refractivity contribution in [3.8, 4) is 0 Å². The van der Waals surface area contributed by atoms with E-state index in [0.29, 0.717) is 22.2 Å². The Morgan fingerprint density at radius 2 is 1.75 bits per heavy atom. The van der Waals surface area contributed by atoms with Crippen LogP contribution in [0.3, 0.4) is 0 Å². The average Bonchev–Trinajstić information content (AvgIpc) is 2.43. The molecule has 1 N–H and O–H groups in total. The molecule has 106 valence electrons. The fourth-order valence-corrected chi connectivity index (χ4v) is 2.13. The summed E-state index contributed by atoms with van der Waals surface area (Å²) in [6.45, 7) is 2.39. The smallest absolute Gasteiger partial charge is 0.159 e. The summed E-state index contributed by atoms with van der Waals surface area (Å²) in [6.07, 6.45) is 0. The monoisotopic (exact) mass is 315 g/mol. The summed E-state index contributed by atoms with van der Waals surface area (Å²) < 4.78 is 25.9. The Morgan fingerprint density at radius 3 is 2.40 bits per heavy atom.